The normalized spacial score (nSPS) is 11.3. The molecule has 2 aromatic heterocycles. The minimum Gasteiger partial charge on any atom is -0.461 e. The zero-order valence-electron chi connectivity index (χ0n) is 14.8. The Kier molecular flexibility index (Phi) is 5.62. The molecule has 0 bridgehead atoms. The van der Waals surface area contributed by atoms with Gasteiger partial charge in [0.1, 0.15) is 0 Å². The lowest BCUT2D eigenvalue weighted by Gasteiger charge is -2.10. The summed E-state index contributed by atoms with van der Waals surface area (Å²) in [5.41, 5.74) is 0.310. The fourth-order valence-electron chi connectivity index (χ4n) is 2.49. The van der Waals surface area contributed by atoms with E-state index >= 15 is 0 Å². The van der Waals surface area contributed by atoms with Gasteiger partial charge in [0.25, 0.3) is 0 Å². The number of halogens is 3. The van der Waals surface area contributed by atoms with Crippen molar-refractivity contribution in [2.45, 2.75) is 19.5 Å². The van der Waals surface area contributed by atoms with Gasteiger partial charge in [-0.1, -0.05) is 12.1 Å². The lowest BCUT2D eigenvalue weighted by atomic mass is 10.1. The molecule has 0 saturated heterocycles. The first kappa shape index (κ1) is 19.4. The van der Waals surface area contributed by atoms with E-state index in [-0.39, 0.29) is 35.8 Å². The van der Waals surface area contributed by atoms with Gasteiger partial charge in [0.15, 0.2) is 11.5 Å². The average molecular weight is 388 g/mol. The molecule has 0 radical (unpaired) electrons. The highest BCUT2D eigenvalue weighted by Crippen LogP contribution is 2.31. The number of carbonyl (C=O) groups is 1. The standard InChI is InChI=1S/C19H15F3N4O2/c1-2-28-18(27)16-15(10-12-6-8-23-9-7-12)24-17(26-25-16)13-4-3-5-14(11-13)19(20,21)22/h3-9,11H,2,10H2,1H3. The van der Waals surface area contributed by atoms with E-state index in [0.717, 1.165) is 17.7 Å². The minimum absolute atomic E-state index is 0.0109. The minimum atomic E-state index is -4.49. The van der Waals surface area contributed by atoms with Crippen LogP contribution < -0.4 is 0 Å². The molecule has 0 aliphatic rings. The average Bonchev–Trinajstić information content (AvgIpc) is 2.68. The Morgan fingerprint density at radius 3 is 2.54 bits per heavy atom. The Hall–Kier alpha value is -3.36. The van der Waals surface area contributed by atoms with Crippen molar-refractivity contribution in [3.05, 3.63) is 71.3 Å². The number of pyridine rings is 1. The Morgan fingerprint density at radius 1 is 1.11 bits per heavy atom. The van der Waals surface area contributed by atoms with E-state index in [9.17, 15) is 18.0 Å². The van der Waals surface area contributed by atoms with Gasteiger partial charge in [0.2, 0.25) is 0 Å². The SMILES string of the molecule is CCOC(=O)c1nnc(-c2cccc(C(F)(F)F)c2)nc1Cc1ccncc1. The quantitative estimate of drug-likeness (QED) is 0.620. The number of aromatic nitrogens is 4. The number of hydrogen-bond donors (Lipinski definition) is 0. The third kappa shape index (κ3) is 4.48. The molecule has 0 spiro atoms. The monoisotopic (exact) mass is 388 g/mol. The number of hydrogen-bond acceptors (Lipinski definition) is 6. The molecule has 0 fully saturated rings. The Balaban J connectivity index is 2.04. The lowest BCUT2D eigenvalue weighted by molar-refractivity contribution is -0.137. The number of benzene rings is 1. The van der Waals surface area contributed by atoms with Crippen molar-refractivity contribution >= 4 is 5.97 Å². The third-order valence-corrected chi connectivity index (χ3v) is 3.80. The Bertz CT molecular complexity index is 978. The van der Waals surface area contributed by atoms with Gasteiger partial charge < -0.3 is 4.74 Å². The van der Waals surface area contributed by atoms with Gasteiger partial charge in [-0.3, -0.25) is 4.98 Å². The first-order valence-electron chi connectivity index (χ1n) is 8.35. The highest BCUT2D eigenvalue weighted by molar-refractivity contribution is 5.88. The van der Waals surface area contributed by atoms with Crippen molar-refractivity contribution in [2.24, 2.45) is 0 Å². The largest absolute Gasteiger partial charge is 0.461 e. The predicted octanol–water partition coefficient (Wildman–Crippen LogP) is 3.72. The van der Waals surface area contributed by atoms with Gasteiger partial charge in [-0.05, 0) is 36.8 Å². The fraction of sp³-hybridized carbons (Fsp3) is 0.211. The second kappa shape index (κ2) is 8.12. The van der Waals surface area contributed by atoms with Crippen molar-refractivity contribution in [1.82, 2.24) is 20.2 Å². The molecule has 2 heterocycles. The number of carbonyl (C=O) groups excluding carboxylic acids is 1. The zero-order chi connectivity index (χ0) is 20.1. The number of rotatable bonds is 5. The van der Waals surface area contributed by atoms with E-state index in [1.165, 1.54) is 12.1 Å². The summed E-state index contributed by atoms with van der Waals surface area (Å²) < 4.78 is 43.9. The molecule has 1 aromatic carbocycles. The van der Waals surface area contributed by atoms with Gasteiger partial charge in [-0.2, -0.15) is 13.2 Å². The fourth-order valence-corrected chi connectivity index (χ4v) is 2.49. The molecule has 9 heteroatoms. The first-order valence-corrected chi connectivity index (χ1v) is 8.35. The van der Waals surface area contributed by atoms with Gasteiger partial charge in [-0.25, -0.2) is 9.78 Å². The van der Waals surface area contributed by atoms with Crippen LogP contribution in [0.5, 0.6) is 0 Å². The molecule has 144 valence electrons. The van der Waals surface area contributed by atoms with Crippen molar-refractivity contribution in [3.63, 3.8) is 0 Å². The van der Waals surface area contributed by atoms with Crippen molar-refractivity contribution in [2.75, 3.05) is 6.61 Å². The molecular weight excluding hydrogens is 373 g/mol. The van der Waals surface area contributed by atoms with E-state index in [1.807, 2.05) is 0 Å². The van der Waals surface area contributed by atoms with Crippen molar-refractivity contribution in [1.29, 1.82) is 0 Å². The number of alkyl halides is 3. The summed E-state index contributed by atoms with van der Waals surface area (Å²) in [4.78, 5) is 20.4. The molecule has 3 rings (SSSR count). The number of nitrogens with zero attached hydrogens (tertiary/aromatic N) is 4. The van der Waals surface area contributed by atoms with Gasteiger partial charge in [-0.15, -0.1) is 10.2 Å². The third-order valence-electron chi connectivity index (χ3n) is 3.80. The van der Waals surface area contributed by atoms with Crippen LogP contribution in [0.1, 0.15) is 34.2 Å². The molecule has 0 saturated carbocycles. The van der Waals surface area contributed by atoms with Crippen LogP contribution in [0.25, 0.3) is 11.4 Å². The van der Waals surface area contributed by atoms with Crippen LogP contribution in [0.4, 0.5) is 13.2 Å². The van der Waals surface area contributed by atoms with Gasteiger partial charge in [0, 0.05) is 24.4 Å². The van der Waals surface area contributed by atoms with Crippen molar-refractivity contribution in [3.8, 4) is 11.4 Å². The molecule has 6 nitrogen and oxygen atoms in total. The highest BCUT2D eigenvalue weighted by Gasteiger charge is 2.30. The maximum atomic E-state index is 13.0. The Labute approximate surface area is 158 Å². The molecule has 0 N–H and O–H groups in total. The lowest BCUT2D eigenvalue weighted by Crippen LogP contribution is -2.15. The van der Waals surface area contributed by atoms with E-state index < -0.39 is 17.7 Å². The smallest absolute Gasteiger partial charge is 0.416 e. The molecule has 0 aliphatic carbocycles. The van der Waals surface area contributed by atoms with Crippen LogP contribution in [-0.2, 0) is 17.3 Å². The zero-order valence-corrected chi connectivity index (χ0v) is 14.8. The summed E-state index contributed by atoms with van der Waals surface area (Å²) in [6, 6.07) is 8.09. The summed E-state index contributed by atoms with van der Waals surface area (Å²) in [5, 5.41) is 7.71. The predicted molar refractivity (Wildman–Crippen MR) is 93.3 cm³/mol. The van der Waals surface area contributed by atoms with E-state index in [1.54, 1.807) is 31.5 Å². The number of esters is 1. The van der Waals surface area contributed by atoms with Crippen LogP contribution in [0.2, 0.25) is 0 Å². The maximum Gasteiger partial charge on any atom is 0.416 e. The van der Waals surface area contributed by atoms with E-state index in [4.69, 9.17) is 4.74 Å². The Morgan fingerprint density at radius 2 is 1.86 bits per heavy atom. The van der Waals surface area contributed by atoms with Crippen LogP contribution >= 0.6 is 0 Å². The van der Waals surface area contributed by atoms with Crippen LogP contribution in [0.3, 0.4) is 0 Å². The molecule has 0 atom stereocenters. The summed E-state index contributed by atoms with van der Waals surface area (Å²) in [7, 11) is 0. The second-order valence-electron chi connectivity index (χ2n) is 5.76. The number of ether oxygens (including phenoxy) is 1. The summed E-state index contributed by atoms with van der Waals surface area (Å²) >= 11 is 0. The maximum absolute atomic E-state index is 13.0. The van der Waals surface area contributed by atoms with Crippen LogP contribution in [0.15, 0.2) is 48.8 Å². The summed E-state index contributed by atoms with van der Waals surface area (Å²) in [6.45, 7) is 1.79. The molecule has 3 aromatic rings. The summed E-state index contributed by atoms with van der Waals surface area (Å²) in [6.07, 6.45) is -1.10. The van der Waals surface area contributed by atoms with Crippen LogP contribution in [-0.4, -0.2) is 32.7 Å². The topological polar surface area (TPSA) is 77.9 Å². The summed E-state index contributed by atoms with van der Waals surface area (Å²) in [5.74, 6) is -0.703. The van der Waals surface area contributed by atoms with Crippen LogP contribution in [0, 0.1) is 0 Å². The van der Waals surface area contributed by atoms with Crippen molar-refractivity contribution < 1.29 is 22.7 Å². The van der Waals surface area contributed by atoms with Gasteiger partial charge in [0.05, 0.1) is 17.9 Å². The molecule has 0 aliphatic heterocycles. The van der Waals surface area contributed by atoms with Gasteiger partial charge >= 0.3 is 12.1 Å². The first-order chi connectivity index (χ1) is 13.4. The highest BCUT2D eigenvalue weighted by atomic mass is 19.4. The molecule has 0 amide bonds. The molecule has 28 heavy (non-hydrogen) atoms. The molecular formula is C19H15F3N4O2. The van der Waals surface area contributed by atoms with E-state index in [2.05, 4.69) is 20.2 Å². The second-order valence-corrected chi connectivity index (χ2v) is 5.76. The molecule has 0 unspecified atom stereocenters. The van der Waals surface area contributed by atoms with E-state index in [0.29, 0.717) is 0 Å².